The fourth-order valence-electron chi connectivity index (χ4n) is 1.09. The molecule has 0 amide bonds. The lowest BCUT2D eigenvalue weighted by Gasteiger charge is -2.04. The van der Waals surface area contributed by atoms with Crippen LogP contribution in [0.2, 0.25) is 0 Å². The van der Waals surface area contributed by atoms with Crippen LogP contribution in [0.4, 0.5) is 0 Å². The maximum atomic E-state index is 11.7. The third-order valence-electron chi connectivity index (χ3n) is 2.00. The Kier molecular flexibility index (Phi) is 4.29. The molecule has 2 nitrogen and oxygen atoms in total. The van der Waals surface area contributed by atoms with Crippen LogP contribution in [0.1, 0.15) is 18.9 Å². The summed E-state index contributed by atoms with van der Waals surface area (Å²) in [6, 6.07) is 7.67. The SMILES string of the molecule is Cc1ccc(S(=O)CC[C@H](C)O)cc1. The van der Waals surface area contributed by atoms with Crippen LogP contribution < -0.4 is 0 Å². The molecule has 0 heterocycles. The van der Waals surface area contributed by atoms with Crippen molar-refractivity contribution in [3.63, 3.8) is 0 Å². The second-order valence-electron chi connectivity index (χ2n) is 3.50. The lowest BCUT2D eigenvalue weighted by atomic mass is 10.2. The van der Waals surface area contributed by atoms with E-state index in [9.17, 15) is 4.21 Å². The molecular weight excluding hydrogens is 196 g/mol. The maximum Gasteiger partial charge on any atom is 0.0530 e. The normalized spacial score (nSPS) is 15.1. The minimum Gasteiger partial charge on any atom is -0.393 e. The van der Waals surface area contributed by atoms with Crippen molar-refractivity contribution in [2.75, 3.05) is 5.75 Å². The van der Waals surface area contributed by atoms with Gasteiger partial charge in [0.25, 0.3) is 0 Å². The van der Waals surface area contributed by atoms with Crippen molar-refractivity contribution in [2.45, 2.75) is 31.3 Å². The first kappa shape index (κ1) is 11.4. The largest absolute Gasteiger partial charge is 0.393 e. The van der Waals surface area contributed by atoms with Crippen LogP contribution in [0.25, 0.3) is 0 Å². The first-order valence-electron chi connectivity index (χ1n) is 4.72. The summed E-state index contributed by atoms with van der Waals surface area (Å²) in [7, 11) is -0.972. The molecule has 1 N–H and O–H groups in total. The van der Waals surface area contributed by atoms with Gasteiger partial charge < -0.3 is 5.11 Å². The van der Waals surface area contributed by atoms with Crippen LogP contribution in [0.3, 0.4) is 0 Å². The smallest absolute Gasteiger partial charge is 0.0530 e. The molecule has 0 aliphatic heterocycles. The molecule has 0 fully saturated rings. The van der Waals surface area contributed by atoms with Gasteiger partial charge in [-0.15, -0.1) is 0 Å². The number of aliphatic hydroxyl groups excluding tert-OH is 1. The summed E-state index contributed by atoms with van der Waals surface area (Å²) in [5, 5.41) is 9.06. The quantitative estimate of drug-likeness (QED) is 0.827. The molecule has 0 spiro atoms. The van der Waals surface area contributed by atoms with E-state index in [0.717, 1.165) is 4.90 Å². The minimum atomic E-state index is -0.972. The number of benzene rings is 1. The Balaban J connectivity index is 2.57. The van der Waals surface area contributed by atoms with Crippen molar-refractivity contribution in [1.29, 1.82) is 0 Å². The van der Waals surface area contributed by atoms with Crippen LogP contribution in [0.15, 0.2) is 29.2 Å². The highest BCUT2D eigenvalue weighted by atomic mass is 32.2. The minimum absolute atomic E-state index is 0.371. The van der Waals surface area contributed by atoms with Gasteiger partial charge in [-0.2, -0.15) is 0 Å². The molecule has 0 aromatic heterocycles. The highest BCUT2D eigenvalue weighted by Gasteiger charge is 2.04. The summed E-state index contributed by atoms with van der Waals surface area (Å²) < 4.78 is 11.7. The molecule has 1 aromatic rings. The van der Waals surface area contributed by atoms with E-state index in [1.54, 1.807) is 6.92 Å². The van der Waals surface area contributed by atoms with Gasteiger partial charge in [0.15, 0.2) is 0 Å². The van der Waals surface area contributed by atoms with Crippen molar-refractivity contribution in [3.8, 4) is 0 Å². The first-order chi connectivity index (χ1) is 6.59. The van der Waals surface area contributed by atoms with Crippen LogP contribution >= 0.6 is 0 Å². The Morgan fingerprint density at radius 3 is 2.43 bits per heavy atom. The monoisotopic (exact) mass is 212 g/mol. The maximum absolute atomic E-state index is 11.7. The molecule has 0 aliphatic rings. The zero-order valence-electron chi connectivity index (χ0n) is 8.56. The Morgan fingerprint density at radius 1 is 1.36 bits per heavy atom. The van der Waals surface area contributed by atoms with Gasteiger partial charge >= 0.3 is 0 Å². The summed E-state index contributed by atoms with van der Waals surface area (Å²) >= 11 is 0. The van der Waals surface area contributed by atoms with E-state index in [0.29, 0.717) is 12.2 Å². The molecule has 3 heteroatoms. The van der Waals surface area contributed by atoms with E-state index in [1.807, 2.05) is 31.2 Å². The molecule has 1 unspecified atom stereocenters. The van der Waals surface area contributed by atoms with Gasteiger partial charge in [0.2, 0.25) is 0 Å². The van der Waals surface area contributed by atoms with Gasteiger partial charge in [-0.1, -0.05) is 17.7 Å². The second-order valence-corrected chi connectivity index (χ2v) is 5.07. The second kappa shape index (κ2) is 5.27. The van der Waals surface area contributed by atoms with E-state index in [1.165, 1.54) is 5.56 Å². The molecule has 0 aliphatic carbocycles. The molecule has 14 heavy (non-hydrogen) atoms. The van der Waals surface area contributed by atoms with Crippen molar-refractivity contribution in [3.05, 3.63) is 29.8 Å². The molecule has 0 radical (unpaired) electrons. The molecule has 0 saturated carbocycles. The van der Waals surface area contributed by atoms with Gasteiger partial charge in [0.05, 0.1) is 16.9 Å². The lowest BCUT2D eigenvalue weighted by Crippen LogP contribution is -2.07. The van der Waals surface area contributed by atoms with Crippen LogP contribution in [-0.2, 0) is 10.8 Å². The number of aliphatic hydroxyl groups is 1. The summed E-state index contributed by atoms with van der Waals surface area (Å²) in [5.74, 6) is 0.528. The van der Waals surface area contributed by atoms with Gasteiger partial charge in [0.1, 0.15) is 0 Å². The van der Waals surface area contributed by atoms with Gasteiger partial charge in [-0.05, 0) is 32.4 Å². The summed E-state index contributed by atoms with van der Waals surface area (Å²) in [6.07, 6.45) is 0.213. The molecule has 1 aromatic carbocycles. The predicted octanol–water partition coefficient (Wildman–Crippen LogP) is 1.87. The topological polar surface area (TPSA) is 37.3 Å². The van der Waals surface area contributed by atoms with E-state index in [4.69, 9.17) is 5.11 Å². The van der Waals surface area contributed by atoms with E-state index in [2.05, 4.69) is 0 Å². The summed E-state index contributed by atoms with van der Waals surface area (Å²) in [4.78, 5) is 0.844. The van der Waals surface area contributed by atoms with Crippen molar-refractivity contribution in [1.82, 2.24) is 0 Å². The third kappa shape index (κ3) is 3.60. The molecule has 0 saturated heterocycles. The van der Waals surface area contributed by atoms with Crippen LogP contribution in [0.5, 0.6) is 0 Å². The Morgan fingerprint density at radius 2 is 1.93 bits per heavy atom. The standard InChI is InChI=1S/C11H16O2S/c1-9-3-5-11(6-4-9)14(13)8-7-10(2)12/h3-6,10,12H,7-8H2,1-2H3/t10-,14?/m0/s1. The summed E-state index contributed by atoms with van der Waals surface area (Å²) in [5.41, 5.74) is 1.17. The summed E-state index contributed by atoms with van der Waals surface area (Å²) in [6.45, 7) is 3.72. The number of hydrogen-bond donors (Lipinski definition) is 1. The highest BCUT2D eigenvalue weighted by molar-refractivity contribution is 7.85. The molecule has 78 valence electrons. The van der Waals surface area contributed by atoms with Crippen molar-refractivity contribution in [2.24, 2.45) is 0 Å². The third-order valence-corrected chi connectivity index (χ3v) is 3.41. The first-order valence-corrected chi connectivity index (χ1v) is 6.04. The Bertz CT molecular complexity index is 304. The fourth-order valence-corrected chi connectivity index (χ4v) is 2.32. The molecular formula is C11H16O2S. The van der Waals surface area contributed by atoms with Crippen LogP contribution in [0, 0.1) is 6.92 Å². The predicted molar refractivity (Wildman–Crippen MR) is 58.8 cm³/mol. The van der Waals surface area contributed by atoms with Crippen molar-refractivity contribution < 1.29 is 9.32 Å². The highest BCUT2D eigenvalue weighted by Crippen LogP contribution is 2.09. The molecule has 2 atom stereocenters. The van der Waals surface area contributed by atoms with Gasteiger partial charge in [-0.3, -0.25) is 4.21 Å². The van der Waals surface area contributed by atoms with E-state index >= 15 is 0 Å². The van der Waals surface area contributed by atoms with Gasteiger partial charge in [0, 0.05) is 10.6 Å². The number of hydrogen-bond acceptors (Lipinski definition) is 2. The van der Waals surface area contributed by atoms with Crippen molar-refractivity contribution >= 4 is 10.8 Å². The Hall–Kier alpha value is -0.670. The number of aryl methyl sites for hydroxylation is 1. The fraction of sp³-hybridized carbons (Fsp3) is 0.455. The molecule has 0 bridgehead atoms. The van der Waals surface area contributed by atoms with E-state index < -0.39 is 10.8 Å². The van der Waals surface area contributed by atoms with E-state index in [-0.39, 0.29) is 6.10 Å². The average Bonchev–Trinajstić information content (AvgIpc) is 2.15. The Labute approximate surface area is 87.4 Å². The van der Waals surface area contributed by atoms with Crippen LogP contribution in [-0.4, -0.2) is 21.2 Å². The average molecular weight is 212 g/mol. The lowest BCUT2D eigenvalue weighted by molar-refractivity contribution is 0.192. The number of rotatable bonds is 4. The zero-order valence-corrected chi connectivity index (χ0v) is 9.38. The van der Waals surface area contributed by atoms with Gasteiger partial charge in [-0.25, -0.2) is 0 Å². The molecule has 1 rings (SSSR count). The zero-order chi connectivity index (χ0) is 10.6.